The van der Waals surface area contributed by atoms with Crippen molar-refractivity contribution in [1.29, 1.82) is 0 Å². The minimum Gasteiger partial charge on any atom is -0.245 e. The highest BCUT2D eigenvalue weighted by Gasteiger charge is 2.23. The maximum absolute atomic E-state index is 5.65. The lowest BCUT2D eigenvalue weighted by Gasteiger charge is -2.24. The molecule has 0 aliphatic heterocycles. The molecule has 2 aromatic heterocycles. The molecule has 2 fully saturated rings. The molecule has 0 unspecified atom stereocenters. The summed E-state index contributed by atoms with van der Waals surface area (Å²) < 4.78 is 0. The van der Waals surface area contributed by atoms with Crippen LogP contribution >= 0.6 is 0 Å². The van der Waals surface area contributed by atoms with Crippen LogP contribution in [0.5, 0.6) is 0 Å². The number of fused-ring (bicyclic) bond motifs is 3. The lowest BCUT2D eigenvalue weighted by Crippen LogP contribution is -2.06. The van der Waals surface area contributed by atoms with Gasteiger partial charge in [-0.2, -0.15) is 0 Å². The predicted octanol–water partition coefficient (Wildman–Crippen LogP) is 14.8. The molecule has 0 amide bonds. The third-order valence-electron chi connectivity index (χ3n) is 12.7. The third-order valence-corrected chi connectivity index (χ3v) is 12.7. The second-order valence-electron chi connectivity index (χ2n) is 16.4. The van der Waals surface area contributed by atoms with Crippen LogP contribution < -0.4 is 0 Å². The molecule has 2 aliphatic carbocycles. The molecule has 9 rings (SSSR count). The Hall–Kier alpha value is -5.08. The molecular formula is C52H52N2. The first-order valence-electron chi connectivity index (χ1n) is 20.6. The molecule has 0 atom stereocenters. The van der Waals surface area contributed by atoms with Crippen LogP contribution in [-0.2, 0) is 0 Å². The van der Waals surface area contributed by atoms with Crippen molar-refractivity contribution in [3.05, 3.63) is 143 Å². The number of benzene rings is 5. The Bertz CT molecular complexity index is 2260. The molecule has 2 heteroatoms. The Kier molecular flexibility index (Phi) is 9.39. The number of aromatic nitrogens is 2. The van der Waals surface area contributed by atoms with Crippen LogP contribution in [0.25, 0.3) is 66.6 Å². The molecule has 2 heterocycles. The fourth-order valence-electron chi connectivity index (χ4n) is 10.1. The molecule has 0 radical (unpaired) electrons. The van der Waals surface area contributed by atoms with Gasteiger partial charge in [0, 0.05) is 21.9 Å². The molecule has 0 N–H and O–H groups in total. The lowest BCUT2D eigenvalue weighted by molar-refractivity contribution is 0.443. The zero-order valence-electron chi connectivity index (χ0n) is 32.5. The van der Waals surface area contributed by atoms with Crippen molar-refractivity contribution < 1.29 is 0 Å². The van der Waals surface area contributed by atoms with E-state index < -0.39 is 0 Å². The van der Waals surface area contributed by atoms with Crippen molar-refractivity contribution in [2.75, 3.05) is 0 Å². The van der Waals surface area contributed by atoms with E-state index in [9.17, 15) is 0 Å². The number of hydrogen-bond acceptors (Lipinski definition) is 2. The average molecular weight is 705 g/mol. The SMILES string of the molecule is Cc1cc(C2CCCCC2)cc(C)c1-c1cc(-c2ccccc2)c2ccc3c(-c4ccccc4)cc(-c4c(C)cc(C5CCCCC5)cc4C)nc3c2n1. The third kappa shape index (κ3) is 6.44. The Labute approximate surface area is 321 Å². The number of nitrogens with zero attached hydrogens (tertiary/aromatic N) is 2. The van der Waals surface area contributed by atoms with Crippen molar-refractivity contribution in [3.63, 3.8) is 0 Å². The number of hydrogen-bond donors (Lipinski definition) is 0. The van der Waals surface area contributed by atoms with Gasteiger partial charge >= 0.3 is 0 Å². The van der Waals surface area contributed by atoms with Gasteiger partial charge in [0.1, 0.15) is 0 Å². The van der Waals surface area contributed by atoms with E-state index in [0.717, 1.165) is 33.2 Å². The van der Waals surface area contributed by atoms with Crippen molar-refractivity contribution >= 4 is 21.8 Å². The van der Waals surface area contributed by atoms with Gasteiger partial charge in [-0.3, -0.25) is 0 Å². The van der Waals surface area contributed by atoms with Gasteiger partial charge in [0.15, 0.2) is 0 Å². The minimum absolute atomic E-state index is 0.668. The highest BCUT2D eigenvalue weighted by Crippen LogP contribution is 2.43. The van der Waals surface area contributed by atoms with Crippen LogP contribution in [-0.4, -0.2) is 9.97 Å². The van der Waals surface area contributed by atoms with E-state index in [4.69, 9.17) is 9.97 Å². The van der Waals surface area contributed by atoms with Crippen molar-refractivity contribution in [1.82, 2.24) is 9.97 Å². The Morgan fingerprint density at radius 1 is 0.407 bits per heavy atom. The molecule has 5 aromatic carbocycles. The summed E-state index contributed by atoms with van der Waals surface area (Å²) in [7, 11) is 0. The lowest BCUT2D eigenvalue weighted by atomic mass is 9.81. The molecule has 7 aromatic rings. The van der Waals surface area contributed by atoms with Gasteiger partial charge in [0.25, 0.3) is 0 Å². The zero-order chi connectivity index (χ0) is 36.8. The van der Waals surface area contributed by atoms with E-state index in [1.165, 1.54) is 131 Å². The van der Waals surface area contributed by atoms with Crippen LogP contribution in [0.2, 0.25) is 0 Å². The minimum atomic E-state index is 0.668. The van der Waals surface area contributed by atoms with Crippen LogP contribution in [0.1, 0.15) is 109 Å². The predicted molar refractivity (Wildman–Crippen MR) is 229 cm³/mol. The van der Waals surface area contributed by atoms with Crippen molar-refractivity contribution in [2.24, 2.45) is 0 Å². The van der Waals surface area contributed by atoms with Crippen LogP contribution in [0.4, 0.5) is 0 Å². The van der Waals surface area contributed by atoms with Gasteiger partial charge in [-0.1, -0.05) is 136 Å². The summed E-state index contributed by atoms with van der Waals surface area (Å²) in [5, 5.41) is 2.27. The van der Waals surface area contributed by atoms with Crippen LogP contribution in [0, 0.1) is 27.7 Å². The maximum atomic E-state index is 5.65. The fourth-order valence-corrected chi connectivity index (χ4v) is 10.1. The highest BCUT2D eigenvalue weighted by atomic mass is 14.8. The summed E-state index contributed by atoms with van der Waals surface area (Å²) >= 11 is 0. The summed E-state index contributed by atoms with van der Waals surface area (Å²) in [6.07, 6.45) is 13.3. The first kappa shape index (κ1) is 34.7. The average Bonchev–Trinajstić information content (AvgIpc) is 3.21. The second-order valence-corrected chi connectivity index (χ2v) is 16.4. The van der Waals surface area contributed by atoms with Crippen molar-refractivity contribution in [3.8, 4) is 44.8 Å². The molecule has 2 nitrogen and oxygen atoms in total. The van der Waals surface area contributed by atoms with Gasteiger partial charge in [0.2, 0.25) is 0 Å². The topological polar surface area (TPSA) is 25.8 Å². The van der Waals surface area contributed by atoms with Gasteiger partial charge in [-0.15, -0.1) is 0 Å². The Morgan fingerprint density at radius 2 is 0.759 bits per heavy atom. The van der Waals surface area contributed by atoms with Crippen LogP contribution in [0.15, 0.2) is 109 Å². The molecule has 0 bridgehead atoms. The number of pyridine rings is 2. The van der Waals surface area contributed by atoms with E-state index in [0.29, 0.717) is 11.8 Å². The second kappa shape index (κ2) is 14.6. The van der Waals surface area contributed by atoms with Gasteiger partial charge in [-0.25, -0.2) is 9.97 Å². The molecule has 2 saturated carbocycles. The first-order chi connectivity index (χ1) is 26.4. The molecule has 2 aliphatic rings. The maximum Gasteiger partial charge on any atom is 0.0978 e. The number of aryl methyl sites for hydroxylation is 4. The number of rotatable bonds is 6. The summed E-state index contributed by atoms with van der Waals surface area (Å²) in [4.78, 5) is 11.3. The summed E-state index contributed by atoms with van der Waals surface area (Å²) in [5.41, 5.74) is 19.5. The monoisotopic (exact) mass is 704 g/mol. The van der Waals surface area contributed by atoms with E-state index in [2.05, 4.69) is 137 Å². The normalized spacial score (nSPS) is 15.6. The quantitative estimate of drug-likeness (QED) is 0.161. The van der Waals surface area contributed by atoms with Crippen LogP contribution in [0.3, 0.4) is 0 Å². The standard InChI is InChI=1S/C52H52N2/c1-33-27-41(37-17-9-5-10-18-37)28-34(2)49(33)47-31-45(39-21-13-7-14-22-39)43-25-26-44-46(40-23-15-8-16-24-40)32-48(54-52(44)51(43)53-47)50-35(3)29-42(30-36(50)4)38-19-11-6-12-20-38/h7-8,13-16,21-32,37-38H,5-6,9-12,17-20H2,1-4H3. The largest absolute Gasteiger partial charge is 0.245 e. The van der Waals surface area contributed by atoms with Crippen molar-refractivity contribution in [2.45, 2.75) is 104 Å². The van der Waals surface area contributed by atoms with E-state index in [-0.39, 0.29) is 0 Å². The van der Waals surface area contributed by atoms with Gasteiger partial charge in [0.05, 0.1) is 22.4 Å². The first-order valence-corrected chi connectivity index (χ1v) is 20.6. The van der Waals surface area contributed by atoms with E-state index >= 15 is 0 Å². The molecule has 54 heavy (non-hydrogen) atoms. The summed E-state index contributed by atoms with van der Waals surface area (Å²) in [6, 6.07) is 40.8. The van der Waals surface area contributed by atoms with E-state index in [1.807, 2.05) is 0 Å². The molecule has 270 valence electrons. The van der Waals surface area contributed by atoms with Gasteiger partial charge in [-0.05, 0) is 133 Å². The highest BCUT2D eigenvalue weighted by molar-refractivity contribution is 6.13. The molecule has 0 spiro atoms. The van der Waals surface area contributed by atoms with E-state index in [1.54, 1.807) is 0 Å². The zero-order valence-corrected chi connectivity index (χ0v) is 32.5. The fraction of sp³-hybridized carbons (Fsp3) is 0.308. The summed E-state index contributed by atoms with van der Waals surface area (Å²) in [6.45, 7) is 9.16. The molecular weight excluding hydrogens is 653 g/mol. The molecule has 0 saturated heterocycles. The Balaban J connectivity index is 1.30. The smallest absolute Gasteiger partial charge is 0.0978 e. The van der Waals surface area contributed by atoms with Gasteiger partial charge < -0.3 is 0 Å². The summed E-state index contributed by atoms with van der Waals surface area (Å²) in [5.74, 6) is 1.34. The Morgan fingerprint density at radius 3 is 1.11 bits per heavy atom.